The van der Waals surface area contributed by atoms with Gasteiger partial charge in [-0.25, -0.2) is 9.68 Å². The number of hydrogen-bond donors (Lipinski definition) is 1. The van der Waals surface area contributed by atoms with Crippen LogP contribution in [0.1, 0.15) is 233 Å². The molecule has 2 atom stereocenters. The zero-order valence-electron chi connectivity index (χ0n) is 44.1. The van der Waals surface area contributed by atoms with Gasteiger partial charge < -0.3 is 14.2 Å². The Hall–Kier alpha value is -4.01. The van der Waals surface area contributed by atoms with Gasteiger partial charge in [0.25, 0.3) is 0 Å². The van der Waals surface area contributed by atoms with Crippen molar-refractivity contribution in [1.82, 2.24) is 0 Å². The summed E-state index contributed by atoms with van der Waals surface area (Å²) in [6.07, 6.45) is 70.2. The first-order valence-corrected chi connectivity index (χ1v) is 27.7. The number of ether oxygens (including phenoxy) is 3. The molecule has 2 unspecified atom stereocenters. The molecule has 0 rings (SSSR count). The Morgan fingerprint density at radius 2 is 0.812 bits per heavy atom. The fourth-order valence-electron chi connectivity index (χ4n) is 7.47. The normalized spacial score (nSPS) is 13.4. The maximum absolute atomic E-state index is 12.8. The van der Waals surface area contributed by atoms with Gasteiger partial charge in [0.2, 0.25) is 0 Å². The summed E-state index contributed by atoms with van der Waals surface area (Å²) in [4.78, 5) is 42.5. The van der Waals surface area contributed by atoms with Crippen LogP contribution in [0.4, 0.5) is 0 Å². The molecule has 0 amide bonds. The molecule has 0 saturated carbocycles. The average Bonchev–Trinajstić information content (AvgIpc) is 3.35. The minimum Gasteiger partial charge on any atom is -0.462 e. The van der Waals surface area contributed by atoms with Crippen molar-refractivity contribution < 1.29 is 38.7 Å². The Balaban J connectivity index is 4.66. The van der Waals surface area contributed by atoms with Gasteiger partial charge in [-0.15, -0.1) is 0 Å². The molecule has 69 heavy (non-hydrogen) atoms. The number of esters is 3. The average molecular weight is 961 g/mol. The van der Waals surface area contributed by atoms with Crippen molar-refractivity contribution in [2.75, 3.05) is 13.2 Å². The van der Waals surface area contributed by atoms with E-state index in [1.807, 2.05) is 48.6 Å². The molecule has 0 radical (unpaired) electrons. The highest BCUT2D eigenvalue weighted by molar-refractivity contribution is 5.82. The van der Waals surface area contributed by atoms with E-state index in [-0.39, 0.29) is 37.7 Å². The molecule has 392 valence electrons. The Labute approximate surface area is 422 Å². The van der Waals surface area contributed by atoms with E-state index in [2.05, 4.69) is 68.2 Å². The first-order valence-electron chi connectivity index (χ1n) is 27.7. The number of unbranched alkanes of at least 4 members (excludes halogenated alkanes) is 22. The molecule has 0 heterocycles. The van der Waals surface area contributed by atoms with E-state index in [1.165, 1.54) is 83.1 Å². The predicted octanol–water partition coefficient (Wildman–Crippen LogP) is 17.8. The van der Waals surface area contributed by atoms with Crippen LogP contribution in [0.3, 0.4) is 0 Å². The van der Waals surface area contributed by atoms with Crippen molar-refractivity contribution >= 4 is 17.9 Å². The van der Waals surface area contributed by atoms with Crippen LogP contribution < -0.4 is 0 Å². The van der Waals surface area contributed by atoms with Crippen molar-refractivity contribution in [2.24, 2.45) is 0 Å². The highest BCUT2D eigenvalue weighted by Gasteiger charge is 2.19. The largest absolute Gasteiger partial charge is 0.462 e. The van der Waals surface area contributed by atoms with Crippen LogP contribution in [0.2, 0.25) is 0 Å². The molecule has 0 bridgehead atoms. The molecule has 0 saturated heterocycles. The summed E-state index contributed by atoms with van der Waals surface area (Å²) >= 11 is 0. The van der Waals surface area contributed by atoms with Gasteiger partial charge in [0.1, 0.15) is 13.2 Å². The Morgan fingerprint density at radius 1 is 0.391 bits per heavy atom. The molecule has 0 aliphatic rings. The van der Waals surface area contributed by atoms with E-state index in [0.29, 0.717) is 6.42 Å². The summed E-state index contributed by atoms with van der Waals surface area (Å²) in [6.45, 7) is 6.23. The molecule has 0 aliphatic carbocycles. The fourth-order valence-corrected chi connectivity index (χ4v) is 7.47. The Morgan fingerprint density at radius 3 is 1.36 bits per heavy atom. The molecular formula is C61H100O8. The topological polar surface area (TPSA) is 108 Å². The van der Waals surface area contributed by atoms with Gasteiger partial charge in [-0.2, -0.15) is 0 Å². The number of rotatable bonds is 49. The summed E-state index contributed by atoms with van der Waals surface area (Å²) in [6, 6.07) is 0. The van der Waals surface area contributed by atoms with Gasteiger partial charge in [-0.05, 0) is 96.3 Å². The van der Waals surface area contributed by atoms with Gasteiger partial charge in [-0.3, -0.25) is 14.8 Å². The molecule has 0 aromatic rings. The SMILES string of the molecule is CCCCC/C=C\C/C=C\CCCCCCCC(=O)OC(COC(=O)C=CC=CC=CC=CC=CC=CCCCCCC(CCC)OO)COC(=O)CCCCCCC/C=C\CCCCCCCC. The fraction of sp³-hybridized carbons (Fsp3) is 0.656. The van der Waals surface area contributed by atoms with Crippen molar-refractivity contribution in [3.05, 3.63) is 109 Å². The van der Waals surface area contributed by atoms with Crippen LogP contribution in [-0.4, -0.2) is 48.6 Å². The van der Waals surface area contributed by atoms with Crippen LogP contribution in [0.5, 0.6) is 0 Å². The van der Waals surface area contributed by atoms with Crippen molar-refractivity contribution in [1.29, 1.82) is 0 Å². The number of carbonyl (C=O) groups excluding carboxylic acids is 3. The summed E-state index contributed by atoms with van der Waals surface area (Å²) in [5, 5.41) is 8.92. The monoisotopic (exact) mass is 961 g/mol. The second kappa shape index (κ2) is 54.9. The summed E-state index contributed by atoms with van der Waals surface area (Å²) < 4.78 is 16.6. The second-order valence-corrected chi connectivity index (χ2v) is 18.2. The molecule has 0 fully saturated rings. The van der Waals surface area contributed by atoms with Crippen LogP contribution >= 0.6 is 0 Å². The first kappa shape index (κ1) is 65.0. The van der Waals surface area contributed by atoms with Crippen molar-refractivity contribution in [2.45, 2.75) is 245 Å². The maximum Gasteiger partial charge on any atom is 0.330 e. The molecule has 0 aromatic carbocycles. The summed E-state index contributed by atoms with van der Waals surface area (Å²) in [5.74, 6) is -1.29. The highest BCUT2D eigenvalue weighted by atomic mass is 17.1. The van der Waals surface area contributed by atoms with Gasteiger partial charge in [0, 0.05) is 18.9 Å². The highest BCUT2D eigenvalue weighted by Crippen LogP contribution is 2.14. The lowest BCUT2D eigenvalue weighted by molar-refractivity contribution is -0.281. The quantitative estimate of drug-likeness (QED) is 0.00939. The Kier molecular flexibility index (Phi) is 51.7. The molecule has 1 N–H and O–H groups in total. The third-order valence-electron chi connectivity index (χ3n) is 11.6. The van der Waals surface area contributed by atoms with E-state index in [9.17, 15) is 14.4 Å². The lowest BCUT2D eigenvalue weighted by Gasteiger charge is -2.18. The van der Waals surface area contributed by atoms with Crippen LogP contribution in [0.25, 0.3) is 0 Å². The van der Waals surface area contributed by atoms with Crippen molar-refractivity contribution in [3.63, 3.8) is 0 Å². The maximum atomic E-state index is 12.8. The van der Waals surface area contributed by atoms with Crippen molar-refractivity contribution in [3.8, 4) is 0 Å². The lowest BCUT2D eigenvalue weighted by Crippen LogP contribution is -2.30. The number of carbonyl (C=O) groups is 3. The molecular weight excluding hydrogens is 861 g/mol. The third kappa shape index (κ3) is 51.7. The minimum absolute atomic E-state index is 0.0332. The van der Waals surface area contributed by atoms with Crippen LogP contribution in [-0.2, 0) is 33.5 Å². The summed E-state index contributed by atoms with van der Waals surface area (Å²) in [7, 11) is 0. The summed E-state index contributed by atoms with van der Waals surface area (Å²) in [5.41, 5.74) is 0. The molecule has 8 nitrogen and oxygen atoms in total. The van der Waals surface area contributed by atoms with Crippen LogP contribution in [0, 0.1) is 0 Å². The standard InChI is InChI=1S/C61H100O8/c1-4-7-9-11-13-15-17-19-22-27-31-35-39-43-47-52-59(62)66-55-58(68-61(64)54-49-45-41-37-33-29-23-20-18-16-14-12-10-8-5-2)56-67-60(63)53-48-44-40-36-32-28-25-21-24-26-30-34-38-42-46-51-57(69-65)50-6-3/h14,16,19-26,28,30,32,36,40,44,48,53,57-58,65H,4-13,15,17-18,27,29,31,33-35,37-39,41-43,45-47,49-52,54-56H2,1-3H3/b16-14-,22-19-,23-20-,24-21?,28-25?,30-26?,36-32?,44-40?,53-48?. The first-order chi connectivity index (χ1) is 34.0. The third-order valence-corrected chi connectivity index (χ3v) is 11.6. The molecule has 8 heteroatoms. The lowest BCUT2D eigenvalue weighted by atomic mass is 10.1. The molecule has 0 aromatic heterocycles. The zero-order valence-corrected chi connectivity index (χ0v) is 44.1. The van der Waals surface area contributed by atoms with Gasteiger partial charge >= 0.3 is 17.9 Å². The van der Waals surface area contributed by atoms with Gasteiger partial charge in [0.15, 0.2) is 6.10 Å². The van der Waals surface area contributed by atoms with E-state index in [0.717, 1.165) is 122 Å². The van der Waals surface area contributed by atoms with Gasteiger partial charge in [-0.1, -0.05) is 227 Å². The van der Waals surface area contributed by atoms with E-state index in [1.54, 1.807) is 12.2 Å². The number of hydrogen-bond acceptors (Lipinski definition) is 8. The smallest absolute Gasteiger partial charge is 0.330 e. The van der Waals surface area contributed by atoms with Gasteiger partial charge in [0.05, 0.1) is 6.10 Å². The second-order valence-electron chi connectivity index (χ2n) is 18.2. The van der Waals surface area contributed by atoms with Crippen LogP contribution in [0.15, 0.2) is 109 Å². The molecule has 0 spiro atoms. The van der Waals surface area contributed by atoms with E-state index < -0.39 is 12.1 Å². The zero-order chi connectivity index (χ0) is 50.2. The van der Waals surface area contributed by atoms with E-state index in [4.69, 9.17) is 19.5 Å². The van der Waals surface area contributed by atoms with E-state index >= 15 is 0 Å². The number of allylic oxidation sites excluding steroid dienone is 17. The molecule has 0 aliphatic heterocycles. The minimum atomic E-state index is -0.872. The predicted molar refractivity (Wildman–Crippen MR) is 291 cm³/mol. The Bertz CT molecular complexity index is 1450.